The maximum atomic E-state index is 12.9. The molecular formula is C61H118O6. The van der Waals surface area contributed by atoms with E-state index < -0.39 is 6.10 Å². The van der Waals surface area contributed by atoms with E-state index in [9.17, 15) is 14.4 Å². The lowest BCUT2D eigenvalue weighted by Crippen LogP contribution is -2.30. The van der Waals surface area contributed by atoms with Crippen molar-refractivity contribution in [1.29, 1.82) is 0 Å². The van der Waals surface area contributed by atoms with Gasteiger partial charge in [0.15, 0.2) is 6.10 Å². The Morgan fingerprint density at radius 3 is 0.776 bits per heavy atom. The topological polar surface area (TPSA) is 78.9 Å². The maximum absolute atomic E-state index is 12.9. The fourth-order valence-electron chi connectivity index (χ4n) is 9.32. The van der Waals surface area contributed by atoms with E-state index >= 15 is 0 Å². The zero-order chi connectivity index (χ0) is 49.1. The molecule has 0 aromatic heterocycles. The van der Waals surface area contributed by atoms with Crippen LogP contribution in [0.1, 0.15) is 337 Å². The molecule has 0 amide bonds. The van der Waals surface area contributed by atoms with Gasteiger partial charge in [0.05, 0.1) is 0 Å². The van der Waals surface area contributed by atoms with Crippen LogP contribution < -0.4 is 0 Å². The number of hydrogen-bond acceptors (Lipinski definition) is 6. The zero-order valence-corrected chi connectivity index (χ0v) is 46.2. The van der Waals surface area contributed by atoms with E-state index in [1.165, 1.54) is 218 Å². The van der Waals surface area contributed by atoms with Crippen LogP contribution in [0.2, 0.25) is 0 Å². The van der Waals surface area contributed by atoms with Crippen molar-refractivity contribution in [3.8, 4) is 0 Å². The van der Waals surface area contributed by atoms with Crippen LogP contribution in [0.3, 0.4) is 0 Å². The quantitative estimate of drug-likeness (QED) is 0.0343. The Labute approximate surface area is 418 Å². The lowest BCUT2D eigenvalue weighted by atomic mass is 9.99. The van der Waals surface area contributed by atoms with Crippen LogP contribution in [0.4, 0.5) is 0 Å². The highest BCUT2D eigenvalue weighted by atomic mass is 16.6. The van der Waals surface area contributed by atoms with Gasteiger partial charge in [0.2, 0.25) is 0 Å². The molecule has 0 N–H and O–H groups in total. The fourth-order valence-corrected chi connectivity index (χ4v) is 9.32. The summed E-state index contributed by atoms with van der Waals surface area (Å²) in [6.07, 6.45) is 55.1. The van der Waals surface area contributed by atoms with Gasteiger partial charge in [0.1, 0.15) is 13.2 Å². The Morgan fingerprint density at radius 1 is 0.299 bits per heavy atom. The highest BCUT2D eigenvalue weighted by molar-refractivity contribution is 5.71. The van der Waals surface area contributed by atoms with E-state index in [1.807, 2.05) is 0 Å². The number of hydrogen-bond donors (Lipinski definition) is 0. The van der Waals surface area contributed by atoms with Gasteiger partial charge in [-0.1, -0.05) is 298 Å². The third-order valence-electron chi connectivity index (χ3n) is 14.3. The predicted octanol–water partition coefficient (Wildman–Crippen LogP) is 19.9. The van der Waals surface area contributed by atoms with Crippen molar-refractivity contribution in [3.63, 3.8) is 0 Å². The van der Waals surface area contributed by atoms with Crippen LogP contribution >= 0.6 is 0 Å². The van der Waals surface area contributed by atoms with Gasteiger partial charge in [-0.25, -0.2) is 0 Å². The Balaban J connectivity index is 4.30. The molecule has 0 bridgehead atoms. The molecule has 0 heterocycles. The van der Waals surface area contributed by atoms with Gasteiger partial charge in [-0.05, 0) is 37.0 Å². The molecule has 6 heteroatoms. The molecule has 0 saturated carbocycles. The lowest BCUT2D eigenvalue weighted by Gasteiger charge is -2.18. The zero-order valence-electron chi connectivity index (χ0n) is 46.2. The molecule has 6 nitrogen and oxygen atoms in total. The maximum Gasteiger partial charge on any atom is 0.306 e. The standard InChI is InChI=1S/C61H118O6/c1-7-57(6)49-43-37-31-25-19-12-8-9-13-20-26-32-38-44-50-59(62)65-53-58(54-66-60(63)51-45-39-33-27-21-16-15-18-24-30-36-42-48-56(4)5)67-61(64)52-46-40-34-28-22-14-10-11-17-23-29-35-41-47-55(2)3/h55-58H,7-54H2,1-6H3/t57?,58-/m0/s1. The summed E-state index contributed by atoms with van der Waals surface area (Å²) in [6.45, 7) is 13.8. The molecule has 0 aliphatic carbocycles. The Kier molecular flexibility index (Phi) is 51.0. The second-order valence-corrected chi connectivity index (χ2v) is 22.2. The van der Waals surface area contributed by atoms with Crippen molar-refractivity contribution < 1.29 is 28.6 Å². The summed E-state index contributed by atoms with van der Waals surface area (Å²) in [5.74, 6) is 1.73. The smallest absolute Gasteiger partial charge is 0.306 e. The molecule has 0 aromatic rings. The summed E-state index contributed by atoms with van der Waals surface area (Å²) in [7, 11) is 0. The summed E-state index contributed by atoms with van der Waals surface area (Å²) in [6, 6.07) is 0. The molecule has 0 spiro atoms. The van der Waals surface area contributed by atoms with Crippen LogP contribution in [0.25, 0.3) is 0 Å². The van der Waals surface area contributed by atoms with Crippen LogP contribution in [-0.4, -0.2) is 37.2 Å². The summed E-state index contributed by atoms with van der Waals surface area (Å²) >= 11 is 0. The van der Waals surface area contributed by atoms with Crippen LogP contribution in [0, 0.1) is 17.8 Å². The molecule has 67 heavy (non-hydrogen) atoms. The molecular weight excluding hydrogens is 829 g/mol. The van der Waals surface area contributed by atoms with Gasteiger partial charge < -0.3 is 14.2 Å². The minimum Gasteiger partial charge on any atom is -0.462 e. The van der Waals surface area contributed by atoms with Crippen molar-refractivity contribution in [3.05, 3.63) is 0 Å². The average Bonchev–Trinajstić information content (AvgIpc) is 3.30. The Hall–Kier alpha value is -1.59. The first-order valence-corrected chi connectivity index (χ1v) is 30.1. The van der Waals surface area contributed by atoms with Crippen LogP contribution in [0.5, 0.6) is 0 Å². The van der Waals surface area contributed by atoms with Crippen molar-refractivity contribution >= 4 is 17.9 Å². The number of ether oxygens (including phenoxy) is 3. The normalized spacial score (nSPS) is 12.5. The molecule has 2 atom stereocenters. The average molecular weight is 948 g/mol. The summed E-state index contributed by atoms with van der Waals surface area (Å²) in [5, 5.41) is 0. The van der Waals surface area contributed by atoms with Crippen LogP contribution in [-0.2, 0) is 28.6 Å². The third kappa shape index (κ3) is 53.6. The molecule has 398 valence electrons. The molecule has 0 aliphatic heterocycles. The monoisotopic (exact) mass is 947 g/mol. The molecule has 0 saturated heterocycles. The minimum absolute atomic E-state index is 0.0631. The van der Waals surface area contributed by atoms with E-state index in [2.05, 4.69) is 41.5 Å². The van der Waals surface area contributed by atoms with E-state index in [-0.39, 0.29) is 31.1 Å². The first-order valence-electron chi connectivity index (χ1n) is 30.1. The minimum atomic E-state index is -0.764. The second kappa shape index (κ2) is 52.2. The van der Waals surface area contributed by atoms with Gasteiger partial charge in [0, 0.05) is 19.3 Å². The largest absolute Gasteiger partial charge is 0.462 e. The van der Waals surface area contributed by atoms with Crippen molar-refractivity contribution in [2.75, 3.05) is 13.2 Å². The van der Waals surface area contributed by atoms with Crippen molar-refractivity contribution in [1.82, 2.24) is 0 Å². The molecule has 1 unspecified atom stereocenters. The first-order chi connectivity index (χ1) is 32.6. The van der Waals surface area contributed by atoms with Crippen molar-refractivity contribution in [2.45, 2.75) is 343 Å². The SMILES string of the molecule is CCC(C)CCCCCCCCCCCCCCCCC(=O)OC[C@@H](COC(=O)CCCCCCCCCCCCCCC(C)C)OC(=O)CCCCCCCCCCCCCCCC(C)C. The lowest BCUT2D eigenvalue weighted by molar-refractivity contribution is -0.167. The Bertz CT molecular complexity index is 1040. The third-order valence-corrected chi connectivity index (χ3v) is 14.3. The van der Waals surface area contributed by atoms with Gasteiger partial charge >= 0.3 is 17.9 Å². The van der Waals surface area contributed by atoms with Crippen LogP contribution in [0.15, 0.2) is 0 Å². The number of esters is 3. The number of carbonyl (C=O) groups excluding carboxylic acids is 3. The summed E-state index contributed by atoms with van der Waals surface area (Å²) in [4.78, 5) is 38.2. The van der Waals surface area contributed by atoms with Gasteiger partial charge in [0.25, 0.3) is 0 Å². The van der Waals surface area contributed by atoms with E-state index in [1.54, 1.807) is 0 Å². The summed E-state index contributed by atoms with van der Waals surface area (Å²) in [5.41, 5.74) is 0. The first kappa shape index (κ1) is 65.4. The highest BCUT2D eigenvalue weighted by Gasteiger charge is 2.19. The molecule has 0 rings (SSSR count). The molecule has 0 fully saturated rings. The van der Waals surface area contributed by atoms with Gasteiger partial charge in [-0.15, -0.1) is 0 Å². The molecule has 0 aromatic carbocycles. The number of unbranched alkanes of at least 4 members (excludes halogenated alkanes) is 36. The van der Waals surface area contributed by atoms with E-state index in [0.29, 0.717) is 19.3 Å². The molecule has 0 aliphatic rings. The van der Waals surface area contributed by atoms with E-state index in [4.69, 9.17) is 14.2 Å². The molecule has 0 radical (unpaired) electrons. The van der Waals surface area contributed by atoms with Gasteiger partial charge in [-0.2, -0.15) is 0 Å². The fraction of sp³-hybridized carbons (Fsp3) is 0.951. The van der Waals surface area contributed by atoms with E-state index in [0.717, 1.165) is 75.5 Å². The second-order valence-electron chi connectivity index (χ2n) is 22.2. The van der Waals surface area contributed by atoms with Crippen molar-refractivity contribution in [2.24, 2.45) is 17.8 Å². The predicted molar refractivity (Wildman–Crippen MR) is 289 cm³/mol. The number of carbonyl (C=O) groups is 3. The summed E-state index contributed by atoms with van der Waals surface area (Å²) < 4.78 is 16.9. The Morgan fingerprint density at radius 2 is 0.522 bits per heavy atom. The van der Waals surface area contributed by atoms with Gasteiger partial charge in [-0.3, -0.25) is 14.4 Å². The highest BCUT2D eigenvalue weighted by Crippen LogP contribution is 2.19. The number of rotatable bonds is 54.